The average Bonchev–Trinajstić information content (AvgIpc) is 2.90. The topological polar surface area (TPSA) is 34.9 Å². The van der Waals surface area contributed by atoms with Crippen LogP contribution >= 0.6 is 46.1 Å². The van der Waals surface area contributed by atoms with Gasteiger partial charge in [-0.25, -0.2) is 4.98 Å². The van der Waals surface area contributed by atoms with Crippen molar-refractivity contribution in [2.24, 2.45) is 5.92 Å². The zero-order valence-electron chi connectivity index (χ0n) is 13.5. The second kappa shape index (κ2) is 6.58. The normalized spacial score (nSPS) is 17.0. The number of aromatic nitrogens is 2. The van der Waals surface area contributed by atoms with E-state index in [1.54, 1.807) is 34.4 Å². The van der Waals surface area contributed by atoms with Crippen LogP contribution in [0.5, 0.6) is 0 Å². The van der Waals surface area contributed by atoms with Crippen LogP contribution in [0.25, 0.3) is 10.2 Å². The number of fused-ring (bicyclic) bond motifs is 3. The minimum atomic E-state index is -0.0286. The Hall–Kier alpha value is -1.07. The average molecular weight is 414 g/mol. The maximum atomic E-state index is 13.1. The lowest BCUT2D eigenvalue weighted by molar-refractivity contribution is 0.509. The number of hydrogen-bond donors (Lipinski definition) is 0. The Bertz CT molecular complexity index is 1020. The molecule has 0 saturated heterocycles. The second-order valence-electron chi connectivity index (χ2n) is 6.56. The molecule has 1 aliphatic carbocycles. The summed E-state index contributed by atoms with van der Waals surface area (Å²) in [7, 11) is 0. The van der Waals surface area contributed by atoms with Gasteiger partial charge in [0.05, 0.1) is 18.3 Å². The van der Waals surface area contributed by atoms with Crippen LogP contribution in [0.15, 0.2) is 23.3 Å². The van der Waals surface area contributed by atoms with Crippen LogP contribution in [0, 0.1) is 5.92 Å². The van der Waals surface area contributed by atoms with Gasteiger partial charge in [-0.2, -0.15) is 0 Å². The number of aryl methyl sites for hydroxylation is 1. The van der Waals surface area contributed by atoms with Gasteiger partial charge in [-0.1, -0.05) is 41.7 Å². The van der Waals surface area contributed by atoms with Gasteiger partial charge in [-0.3, -0.25) is 9.36 Å². The summed E-state index contributed by atoms with van der Waals surface area (Å²) in [5, 5.41) is 2.13. The van der Waals surface area contributed by atoms with Gasteiger partial charge in [0.15, 0.2) is 0 Å². The molecule has 3 aromatic rings. The zero-order valence-corrected chi connectivity index (χ0v) is 16.6. The van der Waals surface area contributed by atoms with Crippen LogP contribution < -0.4 is 5.56 Å². The third-order valence-electron chi connectivity index (χ3n) is 4.72. The van der Waals surface area contributed by atoms with E-state index in [-0.39, 0.29) is 12.1 Å². The highest BCUT2D eigenvalue weighted by Crippen LogP contribution is 2.36. The Kier molecular flexibility index (Phi) is 4.57. The lowest BCUT2D eigenvalue weighted by atomic mass is 9.89. The van der Waals surface area contributed by atoms with Crippen molar-refractivity contribution in [3.8, 4) is 0 Å². The maximum Gasteiger partial charge on any atom is 0.262 e. The van der Waals surface area contributed by atoms with Crippen molar-refractivity contribution in [3.63, 3.8) is 0 Å². The molecule has 1 atom stereocenters. The molecule has 25 heavy (non-hydrogen) atoms. The lowest BCUT2D eigenvalue weighted by Crippen LogP contribution is -2.22. The van der Waals surface area contributed by atoms with E-state index in [2.05, 4.69) is 11.9 Å². The van der Waals surface area contributed by atoms with Gasteiger partial charge in [0, 0.05) is 25.5 Å². The molecule has 0 radical (unpaired) electrons. The van der Waals surface area contributed by atoms with E-state index in [1.807, 2.05) is 0 Å². The van der Waals surface area contributed by atoms with Crippen molar-refractivity contribution >= 4 is 56.4 Å². The summed E-state index contributed by atoms with van der Waals surface area (Å²) in [6.07, 6.45) is 4.67. The number of nitrogens with zero attached hydrogens (tertiary/aromatic N) is 2. The molecule has 0 spiro atoms. The largest absolute Gasteiger partial charge is 0.294 e. The summed E-state index contributed by atoms with van der Waals surface area (Å²) >= 11 is 20.1. The number of halogens is 3. The molecular formula is C18H15Cl3N2OS. The molecule has 0 amide bonds. The Morgan fingerprint density at radius 1 is 1.28 bits per heavy atom. The molecule has 0 N–H and O–H groups in total. The number of benzene rings is 1. The first-order valence-electron chi connectivity index (χ1n) is 8.07. The first-order chi connectivity index (χ1) is 11.9. The van der Waals surface area contributed by atoms with Crippen LogP contribution in [0.2, 0.25) is 15.1 Å². The summed E-state index contributed by atoms with van der Waals surface area (Å²) in [5.74, 6) is 0.662. The molecule has 7 heteroatoms. The molecule has 0 saturated carbocycles. The van der Waals surface area contributed by atoms with Crippen molar-refractivity contribution in [3.05, 3.63) is 59.9 Å². The molecule has 0 aliphatic heterocycles. The smallest absolute Gasteiger partial charge is 0.262 e. The Morgan fingerprint density at radius 2 is 2.00 bits per heavy atom. The maximum absolute atomic E-state index is 13.1. The van der Waals surface area contributed by atoms with E-state index < -0.39 is 0 Å². The second-order valence-corrected chi connectivity index (χ2v) is 8.89. The van der Waals surface area contributed by atoms with Crippen molar-refractivity contribution in [1.29, 1.82) is 0 Å². The molecule has 1 aromatic carbocycles. The van der Waals surface area contributed by atoms with Crippen LogP contribution in [-0.4, -0.2) is 9.55 Å². The van der Waals surface area contributed by atoms with Crippen LogP contribution in [0.4, 0.5) is 0 Å². The van der Waals surface area contributed by atoms with Crippen LogP contribution in [0.1, 0.15) is 29.3 Å². The van der Waals surface area contributed by atoms with Gasteiger partial charge >= 0.3 is 0 Å². The summed E-state index contributed by atoms with van der Waals surface area (Å²) in [4.78, 5) is 19.7. The van der Waals surface area contributed by atoms with Gasteiger partial charge in [-0.15, -0.1) is 11.3 Å². The predicted octanol–water partition coefficient (Wildman–Crippen LogP) is 5.59. The van der Waals surface area contributed by atoms with Gasteiger partial charge in [0.25, 0.3) is 5.56 Å². The van der Waals surface area contributed by atoms with Crippen molar-refractivity contribution in [1.82, 2.24) is 9.55 Å². The minimum Gasteiger partial charge on any atom is -0.294 e. The van der Waals surface area contributed by atoms with Crippen molar-refractivity contribution < 1.29 is 0 Å². The first kappa shape index (κ1) is 17.3. The third-order valence-corrected chi connectivity index (χ3v) is 6.77. The number of hydrogen-bond acceptors (Lipinski definition) is 3. The molecule has 0 fully saturated rings. The van der Waals surface area contributed by atoms with Gasteiger partial charge in [0.1, 0.15) is 4.83 Å². The van der Waals surface area contributed by atoms with E-state index in [1.165, 1.54) is 10.4 Å². The first-order valence-corrected chi connectivity index (χ1v) is 10.0. The SMILES string of the molecule is C[C@H]1CCc2c(sc3ncn(Cc4c(Cl)cc(Cl)cc4Cl)c(=O)c23)C1. The molecule has 0 unspecified atom stereocenters. The molecule has 4 rings (SSSR count). The summed E-state index contributed by atoms with van der Waals surface area (Å²) < 4.78 is 1.58. The van der Waals surface area contributed by atoms with Crippen molar-refractivity contribution in [2.45, 2.75) is 32.7 Å². The lowest BCUT2D eigenvalue weighted by Gasteiger charge is -2.17. The Balaban J connectivity index is 1.82. The third kappa shape index (κ3) is 3.10. The zero-order chi connectivity index (χ0) is 17.7. The molecule has 3 nitrogen and oxygen atoms in total. The summed E-state index contributed by atoms with van der Waals surface area (Å²) in [6.45, 7) is 2.53. The van der Waals surface area contributed by atoms with E-state index in [9.17, 15) is 4.79 Å². The quantitative estimate of drug-likeness (QED) is 0.549. The van der Waals surface area contributed by atoms with Gasteiger partial charge in [0.2, 0.25) is 0 Å². The number of rotatable bonds is 2. The fourth-order valence-electron chi connectivity index (χ4n) is 3.37. The molecule has 130 valence electrons. The molecule has 0 bridgehead atoms. The highest BCUT2D eigenvalue weighted by Gasteiger charge is 2.23. The fraction of sp³-hybridized carbons (Fsp3) is 0.333. The highest BCUT2D eigenvalue weighted by atomic mass is 35.5. The van der Waals surface area contributed by atoms with Crippen LogP contribution in [0.3, 0.4) is 0 Å². The van der Waals surface area contributed by atoms with Gasteiger partial charge < -0.3 is 0 Å². The monoisotopic (exact) mass is 412 g/mol. The van der Waals surface area contributed by atoms with Gasteiger partial charge in [-0.05, 0) is 42.9 Å². The summed E-state index contributed by atoms with van der Waals surface area (Å²) in [6, 6.07) is 3.27. The van der Waals surface area contributed by atoms with E-state index in [0.717, 1.165) is 29.5 Å². The molecule has 1 aliphatic rings. The fourth-order valence-corrected chi connectivity index (χ4v) is 5.65. The minimum absolute atomic E-state index is 0.0286. The Labute approximate surface area is 164 Å². The summed E-state index contributed by atoms with van der Waals surface area (Å²) in [5.41, 5.74) is 1.83. The predicted molar refractivity (Wildman–Crippen MR) is 106 cm³/mol. The van der Waals surface area contributed by atoms with Crippen LogP contribution in [-0.2, 0) is 19.4 Å². The highest BCUT2D eigenvalue weighted by molar-refractivity contribution is 7.18. The van der Waals surface area contributed by atoms with Crippen molar-refractivity contribution in [2.75, 3.05) is 0 Å². The molecule has 2 aromatic heterocycles. The molecule has 2 heterocycles. The molecular weight excluding hydrogens is 399 g/mol. The van der Waals surface area contributed by atoms with E-state index in [0.29, 0.717) is 26.5 Å². The van der Waals surface area contributed by atoms with E-state index >= 15 is 0 Å². The Morgan fingerprint density at radius 3 is 2.72 bits per heavy atom. The van der Waals surface area contributed by atoms with E-state index in [4.69, 9.17) is 34.8 Å². The standard InChI is InChI=1S/C18H15Cl3N2OS/c1-9-2-3-11-15(4-9)25-17-16(11)18(24)23(8-22-17)7-12-13(20)5-10(19)6-14(12)21/h5-6,8-9H,2-4,7H2,1H3/t9-/m0/s1. The number of thiophene rings is 1.